The summed E-state index contributed by atoms with van der Waals surface area (Å²) in [4.78, 5) is 12.9. The molecule has 3 heteroatoms. The Morgan fingerprint density at radius 1 is 1.50 bits per heavy atom. The highest BCUT2D eigenvalue weighted by Gasteiger charge is 2.04. The fraction of sp³-hybridized carbons (Fsp3) is 0.364. The zero-order valence-electron chi connectivity index (χ0n) is 8.67. The highest BCUT2D eigenvalue weighted by molar-refractivity contribution is 9.10. The normalized spacial score (nSPS) is 10.0. The zero-order valence-corrected chi connectivity index (χ0v) is 10.3. The average Bonchev–Trinajstić information content (AvgIpc) is 2.08. The van der Waals surface area contributed by atoms with E-state index in [0.29, 0.717) is 6.54 Å². The van der Waals surface area contributed by atoms with Gasteiger partial charge in [-0.05, 0) is 37.6 Å². The van der Waals surface area contributed by atoms with Gasteiger partial charge >= 0.3 is 0 Å². The van der Waals surface area contributed by atoms with Crippen LogP contribution in [-0.4, -0.2) is 19.4 Å². The van der Waals surface area contributed by atoms with Crippen molar-refractivity contribution in [3.05, 3.63) is 28.2 Å². The first kappa shape index (κ1) is 11.2. The number of hydrogen-bond donors (Lipinski definition) is 0. The molecule has 0 heterocycles. The van der Waals surface area contributed by atoms with Gasteiger partial charge in [-0.25, -0.2) is 0 Å². The Kier molecular flexibility index (Phi) is 3.69. The number of benzene rings is 1. The maximum Gasteiger partial charge on any atom is 0.149 e. The third-order valence-corrected chi connectivity index (χ3v) is 2.93. The summed E-state index contributed by atoms with van der Waals surface area (Å²) in [5, 5.41) is 0. The van der Waals surface area contributed by atoms with E-state index < -0.39 is 0 Å². The summed E-state index contributed by atoms with van der Waals surface area (Å²) >= 11 is 3.44. The Bertz CT molecular complexity index is 349. The smallest absolute Gasteiger partial charge is 0.149 e. The van der Waals surface area contributed by atoms with Crippen molar-refractivity contribution in [2.75, 3.05) is 18.5 Å². The number of carbonyl (C=O) groups is 1. The molecule has 1 aromatic carbocycles. The molecule has 2 nitrogen and oxygen atoms in total. The van der Waals surface area contributed by atoms with Crippen molar-refractivity contribution < 1.29 is 4.79 Å². The van der Waals surface area contributed by atoms with Crippen LogP contribution in [0.2, 0.25) is 0 Å². The highest BCUT2D eigenvalue weighted by Crippen LogP contribution is 2.21. The van der Waals surface area contributed by atoms with E-state index in [4.69, 9.17) is 0 Å². The Balaban J connectivity index is 2.85. The summed E-state index contributed by atoms with van der Waals surface area (Å²) in [6.45, 7) is 4.10. The van der Waals surface area contributed by atoms with E-state index in [1.807, 2.05) is 31.0 Å². The number of halogens is 1. The van der Waals surface area contributed by atoms with E-state index in [2.05, 4.69) is 22.0 Å². The minimum absolute atomic E-state index is 0.174. The lowest BCUT2D eigenvalue weighted by molar-refractivity contribution is -0.115. The number of ketones is 1. The molecule has 0 aliphatic carbocycles. The molecule has 0 saturated heterocycles. The first-order valence-electron chi connectivity index (χ1n) is 4.47. The van der Waals surface area contributed by atoms with Crippen LogP contribution in [0.25, 0.3) is 0 Å². The van der Waals surface area contributed by atoms with Gasteiger partial charge in [-0.3, -0.25) is 4.79 Å². The van der Waals surface area contributed by atoms with Crippen molar-refractivity contribution in [1.29, 1.82) is 0 Å². The third kappa shape index (κ3) is 2.84. The molecule has 0 fully saturated rings. The van der Waals surface area contributed by atoms with Crippen LogP contribution < -0.4 is 4.90 Å². The maximum atomic E-state index is 10.9. The number of Topliss-reactive ketones (excluding diaryl/α,β-unsaturated/α-hetero) is 1. The van der Waals surface area contributed by atoms with E-state index in [0.717, 1.165) is 10.2 Å². The first-order chi connectivity index (χ1) is 6.50. The van der Waals surface area contributed by atoms with E-state index in [-0.39, 0.29) is 5.78 Å². The summed E-state index contributed by atoms with van der Waals surface area (Å²) in [6.07, 6.45) is 0. The Morgan fingerprint density at radius 2 is 2.14 bits per heavy atom. The summed E-state index contributed by atoms with van der Waals surface area (Å²) in [7, 11) is 1.92. The minimum Gasteiger partial charge on any atom is -0.367 e. The maximum absolute atomic E-state index is 10.9. The lowest BCUT2D eigenvalue weighted by Gasteiger charge is -2.18. The summed E-state index contributed by atoms with van der Waals surface area (Å²) in [5.74, 6) is 0.174. The van der Waals surface area contributed by atoms with Crippen molar-refractivity contribution in [2.45, 2.75) is 13.8 Å². The number of likely N-dealkylation sites (N-methyl/N-ethyl adjacent to an activating group) is 1. The molecule has 1 rings (SSSR count). The molecule has 0 bridgehead atoms. The number of nitrogens with zero attached hydrogens (tertiary/aromatic N) is 1. The molecule has 0 atom stereocenters. The largest absolute Gasteiger partial charge is 0.367 e. The molecule has 0 aliphatic rings. The topological polar surface area (TPSA) is 20.3 Å². The number of carbonyl (C=O) groups excluding carboxylic acids is 1. The second-order valence-corrected chi connectivity index (χ2v) is 4.35. The Labute approximate surface area is 93.0 Å². The minimum atomic E-state index is 0.174. The van der Waals surface area contributed by atoms with Gasteiger partial charge in [-0.15, -0.1) is 0 Å². The predicted molar refractivity (Wildman–Crippen MR) is 62.8 cm³/mol. The number of rotatable bonds is 3. The second kappa shape index (κ2) is 4.60. The van der Waals surface area contributed by atoms with E-state index >= 15 is 0 Å². The molecule has 0 spiro atoms. The molecule has 0 N–H and O–H groups in total. The van der Waals surface area contributed by atoms with Crippen LogP contribution in [-0.2, 0) is 4.79 Å². The van der Waals surface area contributed by atoms with E-state index in [1.54, 1.807) is 6.92 Å². The molecule has 0 saturated carbocycles. The van der Waals surface area contributed by atoms with Gasteiger partial charge in [-0.2, -0.15) is 0 Å². The van der Waals surface area contributed by atoms with Crippen LogP contribution in [0.15, 0.2) is 22.7 Å². The molecule has 0 aliphatic heterocycles. The number of aryl methyl sites for hydroxylation is 1. The van der Waals surface area contributed by atoms with Crippen LogP contribution in [0.3, 0.4) is 0 Å². The van der Waals surface area contributed by atoms with Gasteiger partial charge in [0, 0.05) is 17.2 Å². The number of hydrogen-bond acceptors (Lipinski definition) is 2. The third-order valence-electron chi connectivity index (χ3n) is 2.04. The first-order valence-corrected chi connectivity index (χ1v) is 5.26. The molecule has 0 radical (unpaired) electrons. The molecule has 1 aromatic rings. The van der Waals surface area contributed by atoms with Crippen molar-refractivity contribution >= 4 is 27.4 Å². The van der Waals surface area contributed by atoms with E-state index in [9.17, 15) is 4.79 Å². The molecule has 14 heavy (non-hydrogen) atoms. The second-order valence-electron chi connectivity index (χ2n) is 3.49. The van der Waals surface area contributed by atoms with Crippen LogP contribution >= 0.6 is 15.9 Å². The fourth-order valence-electron chi connectivity index (χ4n) is 1.29. The summed E-state index contributed by atoms with van der Waals surface area (Å²) < 4.78 is 1.09. The zero-order chi connectivity index (χ0) is 10.7. The lowest BCUT2D eigenvalue weighted by atomic mass is 10.2. The molecule has 76 valence electrons. The Hall–Kier alpha value is -0.830. The van der Waals surface area contributed by atoms with Gasteiger partial charge in [-0.1, -0.05) is 15.9 Å². The van der Waals surface area contributed by atoms with Crippen LogP contribution in [0.4, 0.5) is 5.69 Å². The van der Waals surface area contributed by atoms with Crippen LogP contribution in [0, 0.1) is 6.92 Å². The van der Waals surface area contributed by atoms with Gasteiger partial charge in [0.1, 0.15) is 5.78 Å². The summed E-state index contributed by atoms with van der Waals surface area (Å²) in [6, 6.07) is 6.06. The molecular weight excluding hydrogens is 242 g/mol. The lowest BCUT2D eigenvalue weighted by Crippen LogP contribution is -2.23. The monoisotopic (exact) mass is 255 g/mol. The van der Waals surface area contributed by atoms with Gasteiger partial charge in [0.2, 0.25) is 0 Å². The van der Waals surface area contributed by atoms with E-state index in [1.165, 1.54) is 5.56 Å². The van der Waals surface area contributed by atoms with Gasteiger partial charge < -0.3 is 4.90 Å². The SMILES string of the molecule is CC(=O)CN(C)c1ccc(Br)c(C)c1. The molecular formula is C11H14BrNO. The van der Waals surface area contributed by atoms with Gasteiger partial charge in [0.25, 0.3) is 0 Å². The fourth-order valence-corrected chi connectivity index (χ4v) is 1.54. The summed E-state index contributed by atoms with van der Waals surface area (Å²) in [5.41, 5.74) is 2.25. The molecule has 0 amide bonds. The quantitative estimate of drug-likeness (QED) is 0.828. The van der Waals surface area contributed by atoms with Crippen LogP contribution in [0.1, 0.15) is 12.5 Å². The van der Waals surface area contributed by atoms with Crippen molar-refractivity contribution in [2.24, 2.45) is 0 Å². The van der Waals surface area contributed by atoms with Gasteiger partial charge in [0.15, 0.2) is 0 Å². The predicted octanol–water partition coefficient (Wildman–Crippen LogP) is 2.78. The van der Waals surface area contributed by atoms with Crippen LogP contribution in [0.5, 0.6) is 0 Å². The molecule has 0 unspecified atom stereocenters. The molecule has 0 aromatic heterocycles. The Morgan fingerprint density at radius 3 is 2.64 bits per heavy atom. The highest BCUT2D eigenvalue weighted by atomic mass is 79.9. The van der Waals surface area contributed by atoms with Crippen molar-refractivity contribution in [3.8, 4) is 0 Å². The number of anilines is 1. The van der Waals surface area contributed by atoms with Crippen molar-refractivity contribution in [1.82, 2.24) is 0 Å². The van der Waals surface area contributed by atoms with Crippen molar-refractivity contribution in [3.63, 3.8) is 0 Å². The standard InChI is InChI=1S/C11H14BrNO/c1-8-6-10(4-5-11(8)12)13(3)7-9(2)14/h4-6H,7H2,1-3H3. The van der Waals surface area contributed by atoms with Gasteiger partial charge in [0.05, 0.1) is 6.54 Å². The average molecular weight is 256 g/mol.